The van der Waals surface area contributed by atoms with Gasteiger partial charge in [-0.1, -0.05) is 6.92 Å². The summed E-state index contributed by atoms with van der Waals surface area (Å²) in [7, 11) is 0. The number of nitrogens with one attached hydrogen (secondary N) is 1. The van der Waals surface area contributed by atoms with E-state index in [0.29, 0.717) is 12.6 Å². The first-order chi connectivity index (χ1) is 8.31. The van der Waals surface area contributed by atoms with Gasteiger partial charge in [-0.25, -0.2) is 8.78 Å². The zero-order chi connectivity index (χ0) is 13.8. The van der Waals surface area contributed by atoms with E-state index in [0.717, 1.165) is 12.1 Å². The van der Waals surface area contributed by atoms with Crippen LogP contribution >= 0.6 is 0 Å². The van der Waals surface area contributed by atoms with Crippen LogP contribution in [0.1, 0.15) is 31.4 Å². The van der Waals surface area contributed by atoms with Gasteiger partial charge in [0.15, 0.2) is 0 Å². The molecule has 1 N–H and O–H groups in total. The van der Waals surface area contributed by atoms with E-state index in [1.54, 1.807) is 6.92 Å². The number of alkyl halides is 3. The van der Waals surface area contributed by atoms with Crippen LogP contribution in [0.3, 0.4) is 0 Å². The Kier molecular flexibility index (Phi) is 5.07. The summed E-state index contributed by atoms with van der Waals surface area (Å²) in [6.07, 6.45) is -5.53. The Labute approximate surface area is 102 Å². The summed E-state index contributed by atoms with van der Waals surface area (Å²) in [5.41, 5.74) is 0.193. The molecule has 1 rings (SSSR count). The molecule has 6 heteroatoms. The van der Waals surface area contributed by atoms with Crippen molar-refractivity contribution in [3.05, 3.63) is 35.4 Å². The minimum Gasteiger partial charge on any atom is -0.310 e. The predicted molar refractivity (Wildman–Crippen MR) is 58.1 cm³/mol. The maximum atomic E-state index is 13.0. The van der Waals surface area contributed by atoms with Crippen LogP contribution in [0, 0.1) is 11.6 Å². The molecule has 0 aliphatic rings. The second kappa shape index (κ2) is 6.13. The Morgan fingerprint density at radius 2 is 1.67 bits per heavy atom. The first kappa shape index (κ1) is 14.9. The highest BCUT2D eigenvalue weighted by Crippen LogP contribution is 2.28. The fraction of sp³-hybridized carbons (Fsp3) is 0.500. The molecule has 0 saturated carbocycles. The molecule has 1 atom stereocenters. The van der Waals surface area contributed by atoms with Crippen LogP contribution < -0.4 is 5.32 Å². The fourth-order valence-electron chi connectivity index (χ4n) is 1.72. The summed E-state index contributed by atoms with van der Waals surface area (Å²) >= 11 is 0. The summed E-state index contributed by atoms with van der Waals surface area (Å²) in [6, 6.07) is 2.08. The lowest BCUT2D eigenvalue weighted by molar-refractivity contribution is -0.136. The van der Waals surface area contributed by atoms with E-state index in [9.17, 15) is 22.0 Å². The monoisotopic (exact) mass is 267 g/mol. The van der Waals surface area contributed by atoms with Gasteiger partial charge in [-0.2, -0.15) is 13.2 Å². The van der Waals surface area contributed by atoms with Gasteiger partial charge in [-0.05, 0) is 30.7 Å². The Hall–Kier alpha value is -1.17. The van der Waals surface area contributed by atoms with E-state index in [2.05, 4.69) is 5.32 Å². The Morgan fingerprint density at radius 3 is 2.11 bits per heavy atom. The molecule has 0 bridgehead atoms. The highest BCUT2D eigenvalue weighted by atomic mass is 19.4. The molecule has 18 heavy (non-hydrogen) atoms. The molecule has 1 nitrogen and oxygen atoms in total. The molecule has 0 heterocycles. The number of halogens is 5. The van der Waals surface area contributed by atoms with Crippen LogP contribution in [-0.2, 0) is 0 Å². The van der Waals surface area contributed by atoms with Gasteiger partial charge in [0, 0.05) is 18.5 Å². The highest BCUT2D eigenvalue weighted by molar-refractivity contribution is 5.21. The van der Waals surface area contributed by atoms with Crippen molar-refractivity contribution in [2.75, 3.05) is 6.54 Å². The molecule has 0 aromatic heterocycles. The number of hydrogen-bond donors (Lipinski definition) is 1. The molecule has 0 saturated heterocycles. The summed E-state index contributed by atoms with van der Waals surface area (Å²) in [5.74, 6) is -1.58. The van der Waals surface area contributed by atoms with Crippen LogP contribution in [0.5, 0.6) is 0 Å². The SMILES string of the molecule is CCNC(CCC(F)(F)F)c1cc(F)cc(F)c1. The zero-order valence-electron chi connectivity index (χ0n) is 9.82. The van der Waals surface area contributed by atoms with Gasteiger partial charge in [0.1, 0.15) is 11.6 Å². The van der Waals surface area contributed by atoms with Gasteiger partial charge in [0.25, 0.3) is 0 Å². The quantitative estimate of drug-likeness (QED) is 0.796. The maximum absolute atomic E-state index is 13.0. The van der Waals surface area contributed by atoms with Crippen LogP contribution in [0.15, 0.2) is 18.2 Å². The minimum atomic E-state index is -4.28. The van der Waals surface area contributed by atoms with Crippen molar-refractivity contribution in [3.63, 3.8) is 0 Å². The first-order valence-corrected chi connectivity index (χ1v) is 5.58. The topological polar surface area (TPSA) is 12.0 Å². The van der Waals surface area contributed by atoms with Crippen molar-refractivity contribution in [2.24, 2.45) is 0 Å². The zero-order valence-corrected chi connectivity index (χ0v) is 9.82. The van der Waals surface area contributed by atoms with E-state index in [-0.39, 0.29) is 12.0 Å². The molecule has 1 aromatic carbocycles. The lowest BCUT2D eigenvalue weighted by Gasteiger charge is -2.19. The van der Waals surface area contributed by atoms with Crippen molar-refractivity contribution >= 4 is 0 Å². The third-order valence-electron chi connectivity index (χ3n) is 2.45. The van der Waals surface area contributed by atoms with Crippen LogP contribution in [0.4, 0.5) is 22.0 Å². The second-order valence-corrected chi connectivity index (χ2v) is 3.97. The Balaban J connectivity index is 2.83. The van der Waals surface area contributed by atoms with Gasteiger partial charge >= 0.3 is 6.18 Å². The smallest absolute Gasteiger partial charge is 0.310 e. The molecule has 1 unspecified atom stereocenters. The summed E-state index contributed by atoms with van der Waals surface area (Å²) in [4.78, 5) is 0. The maximum Gasteiger partial charge on any atom is 0.389 e. The lowest BCUT2D eigenvalue weighted by Crippen LogP contribution is -2.23. The van der Waals surface area contributed by atoms with Gasteiger partial charge in [0.2, 0.25) is 0 Å². The average molecular weight is 267 g/mol. The summed E-state index contributed by atoms with van der Waals surface area (Å²) in [5, 5.41) is 2.79. The number of hydrogen-bond acceptors (Lipinski definition) is 1. The molecule has 1 aromatic rings. The van der Waals surface area contributed by atoms with E-state index in [1.165, 1.54) is 0 Å². The number of rotatable bonds is 5. The van der Waals surface area contributed by atoms with Crippen molar-refractivity contribution in [2.45, 2.75) is 32.0 Å². The molecular formula is C12H14F5N. The lowest BCUT2D eigenvalue weighted by atomic mass is 10.0. The Morgan fingerprint density at radius 1 is 1.11 bits per heavy atom. The Bertz CT molecular complexity index is 368. The van der Waals surface area contributed by atoms with E-state index in [1.807, 2.05) is 0 Å². The van der Waals surface area contributed by atoms with Gasteiger partial charge in [-0.15, -0.1) is 0 Å². The van der Waals surface area contributed by atoms with Crippen LogP contribution in [0.25, 0.3) is 0 Å². The summed E-state index contributed by atoms with van der Waals surface area (Å²) < 4.78 is 62.5. The average Bonchev–Trinajstić information content (AvgIpc) is 2.21. The third kappa shape index (κ3) is 5.00. The first-order valence-electron chi connectivity index (χ1n) is 5.58. The summed E-state index contributed by atoms with van der Waals surface area (Å²) in [6.45, 7) is 2.14. The molecular weight excluding hydrogens is 253 g/mol. The van der Waals surface area contributed by atoms with Crippen LogP contribution in [0.2, 0.25) is 0 Å². The molecule has 0 spiro atoms. The van der Waals surface area contributed by atoms with Crippen molar-refractivity contribution in [1.82, 2.24) is 5.32 Å². The van der Waals surface area contributed by atoms with Gasteiger partial charge in [-0.3, -0.25) is 0 Å². The largest absolute Gasteiger partial charge is 0.389 e. The minimum absolute atomic E-state index is 0.193. The van der Waals surface area contributed by atoms with Gasteiger partial charge < -0.3 is 5.32 Å². The van der Waals surface area contributed by atoms with Crippen LogP contribution in [-0.4, -0.2) is 12.7 Å². The van der Waals surface area contributed by atoms with Crippen molar-refractivity contribution in [3.8, 4) is 0 Å². The van der Waals surface area contributed by atoms with Gasteiger partial charge in [0.05, 0.1) is 0 Å². The molecule has 102 valence electrons. The molecule has 0 fully saturated rings. The standard InChI is InChI=1S/C12H14F5N/c1-2-18-11(3-4-12(15,16)17)8-5-9(13)7-10(14)6-8/h5-7,11,18H,2-4H2,1H3. The van der Waals surface area contributed by atoms with E-state index >= 15 is 0 Å². The predicted octanol–water partition coefficient (Wildman–Crippen LogP) is 3.96. The number of benzene rings is 1. The normalized spacial score (nSPS) is 13.7. The van der Waals surface area contributed by atoms with Crippen molar-refractivity contribution in [1.29, 1.82) is 0 Å². The highest BCUT2D eigenvalue weighted by Gasteiger charge is 2.28. The third-order valence-corrected chi connectivity index (χ3v) is 2.45. The molecule has 0 radical (unpaired) electrons. The fourth-order valence-corrected chi connectivity index (χ4v) is 1.72. The van der Waals surface area contributed by atoms with Crippen molar-refractivity contribution < 1.29 is 22.0 Å². The molecule has 0 amide bonds. The molecule has 0 aliphatic heterocycles. The second-order valence-electron chi connectivity index (χ2n) is 3.97. The van der Waals surface area contributed by atoms with E-state index in [4.69, 9.17) is 0 Å². The van der Waals surface area contributed by atoms with E-state index < -0.39 is 30.3 Å². The molecule has 0 aliphatic carbocycles.